The summed E-state index contributed by atoms with van der Waals surface area (Å²) in [7, 11) is -2.33. The molecule has 0 unspecified atom stereocenters. The van der Waals surface area contributed by atoms with E-state index >= 15 is 0 Å². The molecule has 0 radical (unpaired) electrons. The summed E-state index contributed by atoms with van der Waals surface area (Å²) in [6, 6.07) is 1.38. The molecule has 0 atom stereocenters. The van der Waals surface area contributed by atoms with Gasteiger partial charge in [0.15, 0.2) is 0 Å². The minimum Gasteiger partial charge on any atom is -0.395 e. The van der Waals surface area contributed by atoms with Crippen LogP contribution in [0.2, 0.25) is 0 Å². The number of nitrogen functional groups attached to an aromatic ring is 1. The molecule has 0 aliphatic rings. The summed E-state index contributed by atoms with van der Waals surface area (Å²) in [4.78, 5) is 3.68. The van der Waals surface area contributed by atoms with Crippen molar-refractivity contribution in [3.05, 3.63) is 16.7 Å². The van der Waals surface area contributed by atoms with Crippen molar-refractivity contribution in [2.24, 2.45) is 0 Å². The van der Waals surface area contributed by atoms with Crippen LogP contribution in [0.5, 0.6) is 0 Å². The lowest BCUT2D eigenvalue weighted by molar-refractivity contribution is 0.266. The highest BCUT2D eigenvalue weighted by molar-refractivity contribution is 9.10. The summed E-state index contributed by atoms with van der Waals surface area (Å²) in [5.74, 6) is -0.0620. The van der Waals surface area contributed by atoms with Crippen molar-refractivity contribution in [2.45, 2.75) is 4.90 Å². The first-order valence-electron chi connectivity index (χ1n) is 4.38. The van der Waals surface area contributed by atoms with Gasteiger partial charge in [0.05, 0.1) is 6.61 Å². The maximum absolute atomic E-state index is 12.0. The van der Waals surface area contributed by atoms with Crippen LogP contribution >= 0.6 is 15.9 Å². The normalized spacial score (nSPS) is 12.0. The highest BCUT2D eigenvalue weighted by atomic mass is 79.9. The second-order valence-electron chi connectivity index (χ2n) is 3.09. The van der Waals surface area contributed by atoms with E-state index in [9.17, 15) is 8.42 Å². The number of hydrogen-bond acceptors (Lipinski definition) is 5. The van der Waals surface area contributed by atoms with Crippen LogP contribution in [0.15, 0.2) is 21.6 Å². The summed E-state index contributed by atoms with van der Waals surface area (Å²) in [5.41, 5.74) is 5.51. The molecular formula is C8H12BrN3O3S. The van der Waals surface area contributed by atoms with Crippen LogP contribution in [0.1, 0.15) is 0 Å². The van der Waals surface area contributed by atoms with Crippen LogP contribution in [-0.4, -0.2) is 43.0 Å². The predicted molar refractivity (Wildman–Crippen MR) is 63.3 cm³/mol. The SMILES string of the molecule is CN(CCO)S(=O)(=O)c1cc(Br)cnc1N. The van der Waals surface area contributed by atoms with Crippen LogP contribution < -0.4 is 5.73 Å². The monoisotopic (exact) mass is 309 g/mol. The zero-order valence-electron chi connectivity index (χ0n) is 8.59. The number of sulfonamides is 1. The molecule has 0 fully saturated rings. The molecule has 3 N–H and O–H groups in total. The van der Waals surface area contributed by atoms with Gasteiger partial charge in [-0.2, -0.15) is 4.31 Å². The standard InChI is InChI=1S/C8H12BrN3O3S/c1-12(2-3-13)16(14,15)7-4-6(9)5-11-8(7)10/h4-5,13H,2-3H2,1H3,(H2,10,11). The molecule has 1 aromatic rings. The van der Waals surface area contributed by atoms with E-state index in [0.717, 1.165) is 4.31 Å². The first-order chi connectivity index (χ1) is 7.39. The molecule has 0 aliphatic heterocycles. The number of anilines is 1. The number of aromatic nitrogens is 1. The molecule has 16 heavy (non-hydrogen) atoms. The van der Waals surface area contributed by atoms with Gasteiger partial charge >= 0.3 is 0 Å². The van der Waals surface area contributed by atoms with Crippen molar-refractivity contribution in [1.29, 1.82) is 0 Å². The van der Waals surface area contributed by atoms with E-state index in [4.69, 9.17) is 10.8 Å². The van der Waals surface area contributed by atoms with E-state index in [2.05, 4.69) is 20.9 Å². The smallest absolute Gasteiger partial charge is 0.246 e. The third-order valence-corrected chi connectivity index (χ3v) is 4.27. The number of aliphatic hydroxyl groups is 1. The lowest BCUT2D eigenvalue weighted by atomic mass is 10.5. The zero-order valence-corrected chi connectivity index (χ0v) is 11.0. The van der Waals surface area contributed by atoms with E-state index < -0.39 is 10.0 Å². The molecule has 0 amide bonds. The van der Waals surface area contributed by atoms with Gasteiger partial charge in [-0.15, -0.1) is 0 Å². The van der Waals surface area contributed by atoms with E-state index in [-0.39, 0.29) is 23.9 Å². The van der Waals surface area contributed by atoms with Crippen molar-refractivity contribution in [2.75, 3.05) is 25.9 Å². The first kappa shape index (κ1) is 13.4. The van der Waals surface area contributed by atoms with Gasteiger partial charge in [0.2, 0.25) is 10.0 Å². The molecule has 90 valence electrons. The van der Waals surface area contributed by atoms with E-state index in [0.29, 0.717) is 4.47 Å². The molecule has 1 aromatic heterocycles. The number of halogens is 1. The van der Waals surface area contributed by atoms with E-state index in [1.807, 2.05) is 0 Å². The number of hydrogen-bond donors (Lipinski definition) is 2. The van der Waals surface area contributed by atoms with Gasteiger partial charge in [0.1, 0.15) is 10.7 Å². The lowest BCUT2D eigenvalue weighted by Crippen LogP contribution is -2.30. The van der Waals surface area contributed by atoms with Gasteiger partial charge in [-0.25, -0.2) is 13.4 Å². The van der Waals surface area contributed by atoms with Crippen LogP contribution in [0, 0.1) is 0 Å². The third kappa shape index (κ3) is 2.70. The van der Waals surface area contributed by atoms with Crippen molar-refractivity contribution >= 4 is 31.8 Å². The fraction of sp³-hybridized carbons (Fsp3) is 0.375. The second-order valence-corrected chi connectivity index (χ2v) is 6.02. The largest absolute Gasteiger partial charge is 0.395 e. The van der Waals surface area contributed by atoms with Crippen LogP contribution in [0.3, 0.4) is 0 Å². The number of likely N-dealkylation sites (N-methyl/N-ethyl adjacent to an activating group) is 1. The summed E-state index contributed by atoms with van der Waals surface area (Å²) in [6.45, 7) is -0.245. The quantitative estimate of drug-likeness (QED) is 0.818. The Morgan fingerprint density at radius 2 is 2.25 bits per heavy atom. The Labute approximate surface area is 102 Å². The van der Waals surface area contributed by atoms with Crippen molar-refractivity contribution in [1.82, 2.24) is 9.29 Å². The Bertz CT molecular complexity index is 477. The Morgan fingerprint density at radius 1 is 1.62 bits per heavy atom. The molecule has 0 spiro atoms. The topological polar surface area (TPSA) is 96.5 Å². The number of rotatable bonds is 4. The third-order valence-electron chi connectivity index (χ3n) is 1.95. The molecule has 0 aliphatic carbocycles. The molecule has 0 saturated heterocycles. The van der Waals surface area contributed by atoms with Gasteiger partial charge in [-0.1, -0.05) is 0 Å². The first-order valence-corrected chi connectivity index (χ1v) is 6.61. The van der Waals surface area contributed by atoms with Crippen LogP contribution in [0.4, 0.5) is 5.82 Å². The average Bonchev–Trinajstić information content (AvgIpc) is 2.22. The number of aliphatic hydroxyl groups excluding tert-OH is 1. The average molecular weight is 310 g/mol. The predicted octanol–water partition coefficient (Wildman–Crippen LogP) is 0.0391. The van der Waals surface area contributed by atoms with Gasteiger partial charge in [0.25, 0.3) is 0 Å². The van der Waals surface area contributed by atoms with Gasteiger partial charge < -0.3 is 10.8 Å². The molecule has 0 bridgehead atoms. The van der Waals surface area contributed by atoms with Crippen LogP contribution in [0.25, 0.3) is 0 Å². The fourth-order valence-corrected chi connectivity index (χ4v) is 2.80. The van der Waals surface area contributed by atoms with Crippen molar-refractivity contribution < 1.29 is 13.5 Å². The maximum Gasteiger partial charge on any atom is 0.246 e. The van der Waals surface area contributed by atoms with E-state index in [1.165, 1.54) is 19.3 Å². The minimum atomic E-state index is -3.70. The Balaban J connectivity index is 3.21. The van der Waals surface area contributed by atoms with Crippen LogP contribution in [-0.2, 0) is 10.0 Å². The Kier molecular flexibility index (Phi) is 4.25. The maximum atomic E-state index is 12.0. The fourth-order valence-electron chi connectivity index (χ4n) is 1.07. The molecule has 0 saturated carbocycles. The Hall–Kier alpha value is -0.700. The molecule has 1 heterocycles. The molecule has 1 rings (SSSR count). The van der Waals surface area contributed by atoms with Gasteiger partial charge in [-0.05, 0) is 22.0 Å². The minimum absolute atomic E-state index is 0.00822. The van der Waals surface area contributed by atoms with Crippen molar-refractivity contribution in [3.63, 3.8) is 0 Å². The Morgan fingerprint density at radius 3 is 2.81 bits per heavy atom. The highest BCUT2D eigenvalue weighted by Gasteiger charge is 2.23. The second kappa shape index (κ2) is 5.09. The summed E-state index contributed by atoms with van der Waals surface area (Å²) >= 11 is 3.13. The molecule has 8 heteroatoms. The van der Waals surface area contributed by atoms with Gasteiger partial charge in [-0.3, -0.25) is 0 Å². The molecule has 0 aromatic carbocycles. The number of nitrogens with zero attached hydrogens (tertiary/aromatic N) is 2. The molecule has 6 nitrogen and oxygen atoms in total. The summed E-state index contributed by atoms with van der Waals surface area (Å²) in [5, 5.41) is 8.71. The lowest BCUT2D eigenvalue weighted by Gasteiger charge is -2.16. The van der Waals surface area contributed by atoms with Gasteiger partial charge in [0, 0.05) is 24.3 Å². The molecular weight excluding hydrogens is 298 g/mol. The zero-order chi connectivity index (χ0) is 12.3. The number of nitrogens with two attached hydrogens (primary N) is 1. The summed E-state index contributed by atoms with van der Waals surface area (Å²) < 4.78 is 25.5. The summed E-state index contributed by atoms with van der Waals surface area (Å²) in [6.07, 6.45) is 1.42. The highest BCUT2D eigenvalue weighted by Crippen LogP contribution is 2.22. The van der Waals surface area contributed by atoms with Crippen molar-refractivity contribution in [3.8, 4) is 0 Å². The number of pyridine rings is 1. The van der Waals surface area contributed by atoms with E-state index in [1.54, 1.807) is 0 Å².